The molecule has 2 aromatic carbocycles. The van der Waals surface area contributed by atoms with Crippen molar-refractivity contribution in [1.29, 1.82) is 0 Å². The minimum Gasteiger partial charge on any atom is -0.350 e. The summed E-state index contributed by atoms with van der Waals surface area (Å²) in [5, 5.41) is 5.80. The molecule has 0 saturated heterocycles. The molecule has 0 fully saturated rings. The van der Waals surface area contributed by atoms with Gasteiger partial charge in [-0.3, -0.25) is 9.69 Å². The number of anilines is 2. The van der Waals surface area contributed by atoms with E-state index in [9.17, 15) is 9.59 Å². The molecule has 0 bridgehead atoms. The highest BCUT2D eigenvalue weighted by Gasteiger charge is 2.21. The van der Waals surface area contributed by atoms with E-state index in [4.69, 9.17) is 0 Å². The van der Waals surface area contributed by atoms with Gasteiger partial charge in [0, 0.05) is 29.5 Å². The smallest absolute Gasteiger partial charge is 0.326 e. The number of hydrogen-bond acceptors (Lipinski definition) is 2. The predicted molar refractivity (Wildman–Crippen MR) is 105 cm³/mol. The van der Waals surface area contributed by atoms with Crippen molar-refractivity contribution in [3.8, 4) is 0 Å². The van der Waals surface area contributed by atoms with E-state index in [1.165, 1.54) is 5.56 Å². The molecule has 1 aliphatic heterocycles. The molecule has 2 N–H and O–H groups in total. The van der Waals surface area contributed by atoms with Gasteiger partial charge in [0.1, 0.15) is 0 Å². The largest absolute Gasteiger partial charge is 0.350 e. The predicted octanol–water partition coefficient (Wildman–Crippen LogP) is 4.20. The number of para-hydroxylation sites is 1. The van der Waals surface area contributed by atoms with Crippen molar-refractivity contribution < 1.29 is 9.59 Å². The number of amides is 3. The van der Waals surface area contributed by atoms with E-state index in [2.05, 4.69) is 16.7 Å². The van der Waals surface area contributed by atoms with Crippen LogP contribution in [0.3, 0.4) is 0 Å². The maximum absolute atomic E-state index is 12.8. The topological polar surface area (TPSA) is 61.4 Å². The van der Waals surface area contributed by atoms with Crippen LogP contribution in [0.15, 0.2) is 48.5 Å². The molecular formula is C21H25N3O2. The molecule has 3 amide bonds. The maximum atomic E-state index is 12.8. The molecule has 1 heterocycles. The van der Waals surface area contributed by atoms with Crippen LogP contribution in [-0.2, 0) is 6.42 Å². The number of benzene rings is 2. The minimum absolute atomic E-state index is 0.0879. The first-order valence-electron chi connectivity index (χ1n) is 9.12. The molecule has 26 heavy (non-hydrogen) atoms. The Balaban J connectivity index is 1.71. The lowest BCUT2D eigenvalue weighted by Crippen LogP contribution is -2.35. The van der Waals surface area contributed by atoms with E-state index in [0.717, 1.165) is 24.9 Å². The van der Waals surface area contributed by atoms with Gasteiger partial charge in [0.2, 0.25) is 0 Å². The third kappa shape index (κ3) is 4.23. The Hall–Kier alpha value is -2.82. The Morgan fingerprint density at radius 1 is 1.00 bits per heavy atom. The zero-order chi connectivity index (χ0) is 18.5. The summed E-state index contributed by atoms with van der Waals surface area (Å²) in [5.74, 6) is -0.112. The zero-order valence-electron chi connectivity index (χ0n) is 15.3. The van der Waals surface area contributed by atoms with E-state index in [-0.39, 0.29) is 18.0 Å². The van der Waals surface area contributed by atoms with Gasteiger partial charge in [0.15, 0.2) is 0 Å². The number of hydrogen-bond donors (Lipinski definition) is 2. The van der Waals surface area contributed by atoms with Crippen LogP contribution >= 0.6 is 0 Å². The molecule has 0 unspecified atom stereocenters. The number of rotatable bonds is 3. The lowest BCUT2D eigenvalue weighted by molar-refractivity contribution is 0.0943. The van der Waals surface area contributed by atoms with E-state index in [0.29, 0.717) is 17.8 Å². The number of nitrogens with zero attached hydrogens (tertiary/aromatic N) is 1. The van der Waals surface area contributed by atoms with Crippen LogP contribution in [0.4, 0.5) is 16.2 Å². The average Bonchev–Trinajstić information content (AvgIpc) is 2.84. The molecule has 3 rings (SSSR count). The van der Waals surface area contributed by atoms with Crippen LogP contribution in [0.1, 0.15) is 42.6 Å². The van der Waals surface area contributed by atoms with Crippen LogP contribution in [0.5, 0.6) is 0 Å². The van der Waals surface area contributed by atoms with E-state index < -0.39 is 0 Å². The number of urea groups is 1. The van der Waals surface area contributed by atoms with Gasteiger partial charge >= 0.3 is 6.03 Å². The van der Waals surface area contributed by atoms with Gasteiger partial charge in [0.05, 0.1) is 0 Å². The van der Waals surface area contributed by atoms with E-state index in [1.807, 2.05) is 36.9 Å². The maximum Gasteiger partial charge on any atom is 0.326 e. The van der Waals surface area contributed by atoms with Crippen LogP contribution in [0.25, 0.3) is 0 Å². The van der Waals surface area contributed by atoms with Gasteiger partial charge < -0.3 is 10.6 Å². The van der Waals surface area contributed by atoms with Crippen LogP contribution in [0, 0.1) is 0 Å². The molecule has 1 aliphatic rings. The second-order valence-electron chi connectivity index (χ2n) is 6.87. The highest BCUT2D eigenvalue weighted by atomic mass is 16.2. The van der Waals surface area contributed by atoms with Crippen molar-refractivity contribution in [1.82, 2.24) is 5.32 Å². The van der Waals surface area contributed by atoms with E-state index >= 15 is 0 Å². The minimum atomic E-state index is -0.140. The van der Waals surface area contributed by atoms with Crippen molar-refractivity contribution in [2.45, 2.75) is 39.2 Å². The fraction of sp³-hybridized carbons (Fsp3) is 0.333. The third-order valence-electron chi connectivity index (χ3n) is 4.42. The summed E-state index contributed by atoms with van der Waals surface area (Å²) in [6, 6.07) is 15.0. The van der Waals surface area contributed by atoms with Crippen LogP contribution in [0.2, 0.25) is 0 Å². The zero-order valence-corrected chi connectivity index (χ0v) is 15.3. The summed E-state index contributed by atoms with van der Waals surface area (Å²) in [7, 11) is 0. The van der Waals surface area contributed by atoms with Gasteiger partial charge in [-0.2, -0.15) is 0 Å². The van der Waals surface area contributed by atoms with Crippen molar-refractivity contribution in [2.24, 2.45) is 0 Å². The Morgan fingerprint density at radius 2 is 1.73 bits per heavy atom. The van der Waals surface area contributed by atoms with E-state index in [1.54, 1.807) is 24.3 Å². The standard InChI is InChI=1S/C21H25N3O2/c1-15(2)22-20(25)17-10-12-18(13-11-17)23-21(26)24-14-6-5-8-16-7-3-4-9-19(16)24/h3-4,7,9-13,15H,5-6,8,14H2,1-2H3,(H,22,25)(H,23,26). The number of nitrogens with one attached hydrogen (secondary N) is 2. The number of carbonyl (C=O) groups is 2. The molecule has 0 aliphatic carbocycles. The Kier molecular flexibility index (Phi) is 5.56. The van der Waals surface area contributed by atoms with Crippen molar-refractivity contribution in [3.63, 3.8) is 0 Å². The molecule has 136 valence electrons. The molecule has 0 saturated carbocycles. The first kappa shape index (κ1) is 18.0. The second kappa shape index (κ2) is 8.04. The van der Waals surface area contributed by atoms with Gasteiger partial charge in [-0.05, 0) is 69.0 Å². The quantitative estimate of drug-likeness (QED) is 0.870. The summed E-state index contributed by atoms with van der Waals surface area (Å²) in [6.07, 6.45) is 3.07. The molecule has 0 radical (unpaired) electrons. The summed E-state index contributed by atoms with van der Waals surface area (Å²) in [5.41, 5.74) is 3.45. The van der Waals surface area contributed by atoms with Crippen LogP contribution < -0.4 is 15.5 Å². The number of carbonyl (C=O) groups excluding carboxylic acids is 2. The van der Waals surface area contributed by atoms with Crippen LogP contribution in [-0.4, -0.2) is 24.5 Å². The highest BCUT2D eigenvalue weighted by molar-refractivity contribution is 6.02. The normalized spacial score (nSPS) is 13.7. The summed E-state index contributed by atoms with van der Waals surface area (Å²) in [4.78, 5) is 26.6. The highest BCUT2D eigenvalue weighted by Crippen LogP contribution is 2.26. The van der Waals surface area contributed by atoms with Gasteiger partial charge in [-0.1, -0.05) is 18.2 Å². The summed E-state index contributed by atoms with van der Waals surface area (Å²) in [6.45, 7) is 4.55. The summed E-state index contributed by atoms with van der Waals surface area (Å²) < 4.78 is 0. The number of fused-ring (bicyclic) bond motifs is 1. The Bertz CT molecular complexity index is 784. The molecule has 0 aromatic heterocycles. The first-order chi connectivity index (χ1) is 12.5. The van der Waals surface area contributed by atoms with Gasteiger partial charge in [-0.25, -0.2) is 4.79 Å². The average molecular weight is 351 g/mol. The van der Waals surface area contributed by atoms with Crippen molar-refractivity contribution >= 4 is 23.3 Å². The fourth-order valence-corrected chi connectivity index (χ4v) is 3.14. The van der Waals surface area contributed by atoms with Crippen molar-refractivity contribution in [2.75, 3.05) is 16.8 Å². The molecular weight excluding hydrogens is 326 g/mol. The van der Waals surface area contributed by atoms with Gasteiger partial charge in [-0.15, -0.1) is 0 Å². The Morgan fingerprint density at radius 3 is 2.46 bits per heavy atom. The monoisotopic (exact) mass is 351 g/mol. The van der Waals surface area contributed by atoms with Gasteiger partial charge in [0.25, 0.3) is 5.91 Å². The number of aryl methyl sites for hydroxylation is 1. The molecule has 0 spiro atoms. The molecule has 0 atom stereocenters. The van der Waals surface area contributed by atoms with Crippen molar-refractivity contribution in [3.05, 3.63) is 59.7 Å². The lowest BCUT2D eigenvalue weighted by Gasteiger charge is -2.23. The Labute approximate surface area is 154 Å². The second-order valence-corrected chi connectivity index (χ2v) is 6.87. The first-order valence-corrected chi connectivity index (χ1v) is 9.12. The lowest BCUT2D eigenvalue weighted by atomic mass is 10.1. The fourth-order valence-electron chi connectivity index (χ4n) is 3.14. The SMILES string of the molecule is CC(C)NC(=O)c1ccc(NC(=O)N2CCCCc3ccccc32)cc1. The summed E-state index contributed by atoms with van der Waals surface area (Å²) >= 11 is 0. The molecule has 2 aromatic rings. The molecule has 5 nitrogen and oxygen atoms in total. The third-order valence-corrected chi connectivity index (χ3v) is 4.42. The molecule has 5 heteroatoms.